The molecule has 1 aromatic heterocycles. The quantitative estimate of drug-likeness (QED) is 0.551. The number of rotatable bonds is 5. The van der Waals surface area contributed by atoms with Gasteiger partial charge < -0.3 is 10.6 Å². The lowest BCUT2D eigenvalue weighted by atomic mass is 10.1. The largest absolute Gasteiger partial charge is 0.375 e. The van der Waals surface area contributed by atoms with Crippen molar-refractivity contribution in [2.24, 2.45) is 0 Å². The molecule has 25 heavy (non-hydrogen) atoms. The molecule has 0 radical (unpaired) electrons. The van der Waals surface area contributed by atoms with Crippen LogP contribution in [0.4, 0.5) is 11.4 Å². The predicted octanol–water partition coefficient (Wildman–Crippen LogP) is 3.11. The standard InChI is InChI=1S/C18H16N4O3/c1-19-18(23)12-7-8-16(17(10-12)22(24)25)21-11-13-4-2-6-15-14(13)5-3-9-20-15/h2-10,21H,11H2,1H3,(H,19,23). The van der Waals surface area contributed by atoms with Crippen LogP contribution >= 0.6 is 0 Å². The molecule has 0 spiro atoms. The number of nitro benzene ring substituents is 1. The summed E-state index contributed by atoms with van der Waals surface area (Å²) < 4.78 is 0. The number of nitrogens with one attached hydrogen (secondary N) is 2. The summed E-state index contributed by atoms with van der Waals surface area (Å²) in [6, 6.07) is 13.9. The Labute approximate surface area is 143 Å². The topological polar surface area (TPSA) is 97.2 Å². The van der Waals surface area contributed by atoms with Crippen molar-refractivity contribution in [1.82, 2.24) is 10.3 Å². The van der Waals surface area contributed by atoms with E-state index in [0.29, 0.717) is 12.2 Å². The lowest BCUT2D eigenvalue weighted by Crippen LogP contribution is -2.18. The molecular weight excluding hydrogens is 320 g/mol. The summed E-state index contributed by atoms with van der Waals surface area (Å²) in [6.07, 6.45) is 1.72. The molecule has 126 valence electrons. The van der Waals surface area contributed by atoms with Gasteiger partial charge in [-0.1, -0.05) is 18.2 Å². The summed E-state index contributed by atoms with van der Waals surface area (Å²) in [6.45, 7) is 0.406. The lowest BCUT2D eigenvalue weighted by molar-refractivity contribution is -0.384. The number of aromatic nitrogens is 1. The number of benzene rings is 2. The second kappa shape index (κ2) is 6.96. The highest BCUT2D eigenvalue weighted by Gasteiger charge is 2.17. The molecule has 0 aliphatic rings. The van der Waals surface area contributed by atoms with Crippen LogP contribution in [0.1, 0.15) is 15.9 Å². The van der Waals surface area contributed by atoms with E-state index in [9.17, 15) is 14.9 Å². The van der Waals surface area contributed by atoms with E-state index in [1.165, 1.54) is 13.1 Å². The van der Waals surface area contributed by atoms with Crippen molar-refractivity contribution >= 4 is 28.2 Å². The zero-order valence-electron chi connectivity index (χ0n) is 13.5. The van der Waals surface area contributed by atoms with Crippen molar-refractivity contribution in [2.45, 2.75) is 6.54 Å². The van der Waals surface area contributed by atoms with Crippen LogP contribution in [-0.2, 0) is 6.54 Å². The maximum absolute atomic E-state index is 11.7. The molecule has 7 nitrogen and oxygen atoms in total. The molecule has 1 heterocycles. The Bertz CT molecular complexity index is 951. The molecule has 2 aromatic carbocycles. The van der Waals surface area contributed by atoms with Crippen LogP contribution in [0.15, 0.2) is 54.7 Å². The predicted molar refractivity (Wildman–Crippen MR) is 95.6 cm³/mol. The monoisotopic (exact) mass is 336 g/mol. The van der Waals surface area contributed by atoms with Gasteiger partial charge in [-0.2, -0.15) is 0 Å². The van der Waals surface area contributed by atoms with Crippen LogP contribution < -0.4 is 10.6 Å². The van der Waals surface area contributed by atoms with E-state index in [2.05, 4.69) is 15.6 Å². The Morgan fingerprint density at radius 1 is 1.20 bits per heavy atom. The summed E-state index contributed by atoms with van der Waals surface area (Å²) in [5.74, 6) is -0.366. The normalized spacial score (nSPS) is 10.4. The van der Waals surface area contributed by atoms with Gasteiger partial charge in [0.05, 0.1) is 10.4 Å². The van der Waals surface area contributed by atoms with E-state index in [-0.39, 0.29) is 17.2 Å². The molecule has 0 bridgehead atoms. The molecule has 1 amide bonds. The van der Waals surface area contributed by atoms with Gasteiger partial charge in [-0.05, 0) is 29.8 Å². The van der Waals surface area contributed by atoms with Gasteiger partial charge >= 0.3 is 0 Å². The van der Waals surface area contributed by atoms with Crippen LogP contribution in [0, 0.1) is 10.1 Å². The number of amides is 1. The molecule has 0 unspecified atom stereocenters. The smallest absolute Gasteiger partial charge is 0.293 e. The number of anilines is 1. The number of fused-ring (bicyclic) bond motifs is 1. The van der Waals surface area contributed by atoms with E-state index in [1.807, 2.05) is 30.3 Å². The van der Waals surface area contributed by atoms with Crippen LogP contribution in [0.3, 0.4) is 0 Å². The fourth-order valence-corrected chi connectivity index (χ4v) is 2.63. The first kappa shape index (κ1) is 16.4. The van der Waals surface area contributed by atoms with Gasteiger partial charge in [0, 0.05) is 36.8 Å². The fraction of sp³-hybridized carbons (Fsp3) is 0.111. The van der Waals surface area contributed by atoms with Gasteiger partial charge in [0.15, 0.2) is 0 Å². The Balaban J connectivity index is 1.90. The highest BCUT2D eigenvalue weighted by atomic mass is 16.6. The molecule has 0 saturated carbocycles. The van der Waals surface area contributed by atoms with Crippen molar-refractivity contribution in [3.8, 4) is 0 Å². The van der Waals surface area contributed by atoms with E-state index < -0.39 is 4.92 Å². The number of nitrogens with zero attached hydrogens (tertiary/aromatic N) is 2. The number of hydrogen-bond donors (Lipinski definition) is 2. The highest BCUT2D eigenvalue weighted by Crippen LogP contribution is 2.27. The maximum Gasteiger partial charge on any atom is 0.293 e. The minimum Gasteiger partial charge on any atom is -0.375 e. The molecule has 2 N–H and O–H groups in total. The average Bonchev–Trinajstić information content (AvgIpc) is 2.65. The third kappa shape index (κ3) is 3.40. The Morgan fingerprint density at radius 2 is 2.04 bits per heavy atom. The molecule has 3 rings (SSSR count). The minimum atomic E-state index is -0.501. The summed E-state index contributed by atoms with van der Waals surface area (Å²) in [5, 5.41) is 17.9. The molecule has 0 atom stereocenters. The molecule has 0 aliphatic carbocycles. The van der Waals surface area contributed by atoms with Gasteiger partial charge in [-0.25, -0.2) is 0 Å². The summed E-state index contributed by atoms with van der Waals surface area (Å²) in [7, 11) is 1.48. The zero-order chi connectivity index (χ0) is 17.8. The number of carbonyl (C=O) groups is 1. The van der Waals surface area contributed by atoms with Gasteiger partial charge in [-0.15, -0.1) is 0 Å². The molecular formula is C18H16N4O3. The maximum atomic E-state index is 11.7. The van der Waals surface area contributed by atoms with Crippen LogP contribution in [-0.4, -0.2) is 22.9 Å². The van der Waals surface area contributed by atoms with Crippen LogP contribution in [0.2, 0.25) is 0 Å². The van der Waals surface area contributed by atoms with Gasteiger partial charge in [0.2, 0.25) is 0 Å². The first-order chi connectivity index (χ1) is 12.1. The first-order valence-corrected chi connectivity index (χ1v) is 7.67. The molecule has 7 heteroatoms. The molecule has 0 aliphatic heterocycles. The number of hydrogen-bond acceptors (Lipinski definition) is 5. The van der Waals surface area contributed by atoms with E-state index in [4.69, 9.17) is 0 Å². The number of carbonyl (C=O) groups excluding carboxylic acids is 1. The van der Waals surface area contributed by atoms with Gasteiger partial charge in [-0.3, -0.25) is 19.9 Å². The highest BCUT2D eigenvalue weighted by molar-refractivity contribution is 5.95. The van der Waals surface area contributed by atoms with Gasteiger partial charge in [0.1, 0.15) is 5.69 Å². The summed E-state index contributed by atoms with van der Waals surface area (Å²) >= 11 is 0. The SMILES string of the molecule is CNC(=O)c1ccc(NCc2cccc3ncccc23)c([N+](=O)[O-])c1. The Hall–Kier alpha value is -3.48. The second-order valence-corrected chi connectivity index (χ2v) is 5.41. The Kier molecular flexibility index (Phi) is 4.56. The Morgan fingerprint density at radius 3 is 2.80 bits per heavy atom. The number of nitro groups is 1. The van der Waals surface area contributed by atoms with E-state index in [1.54, 1.807) is 18.3 Å². The third-order valence-electron chi connectivity index (χ3n) is 3.89. The second-order valence-electron chi connectivity index (χ2n) is 5.41. The fourth-order valence-electron chi connectivity index (χ4n) is 2.63. The van der Waals surface area contributed by atoms with Crippen molar-refractivity contribution < 1.29 is 9.72 Å². The summed E-state index contributed by atoms with van der Waals surface area (Å²) in [4.78, 5) is 26.8. The number of pyridine rings is 1. The van der Waals surface area contributed by atoms with Crippen molar-refractivity contribution in [2.75, 3.05) is 12.4 Å². The zero-order valence-corrected chi connectivity index (χ0v) is 13.5. The van der Waals surface area contributed by atoms with Crippen LogP contribution in [0.25, 0.3) is 10.9 Å². The summed E-state index contributed by atoms with van der Waals surface area (Å²) in [5.41, 5.74) is 2.31. The van der Waals surface area contributed by atoms with Crippen molar-refractivity contribution in [3.05, 3.63) is 76.0 Å². The average molecular weight is 336 g/mol. The molecule has 3 aromatic rings. The third-order valence-corrected chi connectivity index (χ3v) is 3.89. The van der Waals surface area contributed by atoms with E-state index in [0.717, 1.165) is 16.5 Å². The first-order valence-electron chi connectivity index (χ1n) is 7.67. The van der Waals surface area contributed by atoms with Crippen molar-refractivity contribution in [1.29, 1.82) is 0 Å². The van der Waals surface area contributed by atoms with Gasteiger partial charge in [0.25, 0.3) is 11.6 Å². The van der Waals surface area contributed by atoms with E-state index >= 15 is 0 Å². The van der Waals surface area contributed by atoms with Crippen LogP contribution in [0.5, 0.6) is 0 Å². The van der Waals surface area contributed by atoms with Crippen molar-refractivity contribution in [3.63, 3.8) is 0 Å². The molecule has 0 fully saturated rings. The molecule has 0 saturated heterocycles. The lowest BCUT2D eigenvalue weighted by Gasteiger charge is -2.10. The minimum absolute atomic E-state index is 0.139.